The fourth-order valence-corrected chi connectivity index (χ4v) is 1.56. The van der Waals surface area contributed by atoms with E-state index in [-0.39, 0.29) is 12.2 Å². The van der Waals surface area contributed by atoms with Gasteiger partial charge in [-0.15, -0.1) is 0 Å². The Hall–Kier alpha value is -1.40. The fraction of sp³-hybridized carbons (Fsp3) is 0.222. The molecule has 7 nitrogen and oxygen atoms in total. The molecule has 8 heteroatoms. The highest BCUT2D eigenvalue weighted by molar-refractivity contribution is 7.46. The van der Waals surface area contributed by atoms with Crippen LogP contribution < -0.4 is 10.3 Å². The van der Waals surface area contributed by atoms with Crippen molar-refractivity contribution >= 4 is 13.8 Å². The van der Waals surface area contributed by atoms with Gasteiger partial charge in [-0.2, -0.15) is 0 Å². The molecule has 1 rings (SSSR count). The third kappa shape index (κ3) is 4.97. The van der Waals surface area contributed by atoms with Crippen LogP contribution in [0.1, 0.15) is 5.56 Å². The van der Waals surface area contributed by atoms with E-state index in [1.165, 1.54) is 24.3 Å². The van der Waals surface area contributed by atoms with Crippen molar-refractivity contribution in [1.82, 2.24) is 0 Å². The van der Waals surface area contributed by atoms with Gasteiger partial charge in [-0.05, 0) is 24.1 Å². The SMILES string of the molecule is NC(Cc1ccc(OP(=O)(O)O)cc1)C(=O)O. The Morgan fingerprint density at radius 3 is 2.29 bits per heavy atom. The Morgan fingerprint density at radius 1 is 1.35 bits per heavy atom. The predicted octanol–water partition coefficient (Wildman–Crippen LogP) is 0.113. The summed E-state index contributed by atoms with van der Waals surface area (Å²) in [4.78, 5) is 27.6. The van der Waals surface area contributed by atoms with E-state index in [1.807, 2.05) is 0 Å². The van der Waals surface area contributed by atoms with Crippen LogP contribution in [0.3, 0.4) is 0 Å². The lowest BCUT2D eigenvalue weighted by atomic mass is 10.1. The van der Waals surface area contributed by atoms with Crippen molar-refractivity contribution in [3.8, 4) is 5.75 Å². The molecule has 0 spiro atoms. The van der Waals surface area contributed by atoms with Gasteiger partial charge in [0.05, 0.1) is 0 Å². The average Bonchev–Trinajstić information content (AvgIpc) is 2.18. The highest BCUT2D eigenvalue weighted by Gasteiger charge is 2.16. The number of carbonyl (C=O) groups is 1. The summed E-state index contributed by atoms with van der Waals surface area (Å²) in [6, 6.07) is 4.65. The molecule has 0 amide bonds. The van der Waals surface area contributed by atoms with Crippen molar-refractivity contribution in [2.75, 3.05) is 0 Å². The van der Waals surface area contributed by atoms with Crippen LogP contribution in [0.5, 0.6) is 5.75 Å². The van der Waals surface area contributed by atoms with Gasteiger partial charge in [0, 0.05) is 0 Å². The van der Waals surface area contributed by atoms with Gasteiger partial charge in [-0.3, -0.25) is 14.6 Å². The van der Waals surface area contributed by atoms with Crippen molar-refractivity contribution < 1.29 is 28.8 Å². The summed E-state index contributed by atoms with van der Waals surface area (Å²) < 4.78 is 14.9. The van der Waals surface area contributed by atoms with Gasteiger partial charge in [0.2, 0.25) is 0 Å². The molecule has 5 N–H and O–H groups in total. The number of carboxylic acids is 1. The van der Waals surface area contributed by atoms with E-state index in [0.29, 0.717) is 5.56 Å². The van der Waals surface area contributed by atoms with Gasteiger partial charge in [0.25, 0.3) is 0 Å². The molecule has 0 saturated carbocycles. The highest BCUT2D eigenvalue weighted by atomic mass is 31.2. The first-order valence-corrected chi connectivity index (χ1v) is 6.13. The summed E-state index contributed by atoms with van der Waals surface area (Å²) in [5, 5.41) is 8.60. The van der Waals surface area contributed by atoms with Gasteiger partial charge in [0.15, 0.2) is 0 Å². The Kier molecular flexibility index (Phi) is 4.25. The van der Waals surface area contributed by atoms with Gasteiger partial charge in [-0.1, -0.05) is 12.1 Å². The Balaban J connectivity index is 2.68. The van der Waals surface area contributed by atoms with Crippen molar-refractivity contribution in [2.24, 2.45) is 5.73 Å². The lowest BCUT2D eigenvalue weighted by Gasteiger charge is -2.09. The smallest absolute Gasteiger partial charge is 0.480 e. The molecule has 0 saturated heterocycles. The predicted molar refractivity (Wildman–Crippen MR) is 58.4 cm³/mol. The fourth-order valence-electron chi connectivity index (χ4n) is 1.16. The number of hydrogen-bond acceptors (Lipinski definition) is 4. The molecule has 17 heavy (non-hydrogen) atoms. The second-order valence-electron chi connectivity index (χ2n) is 3.37. The molecule has 1 aromatic carbocycles. The number of phosphoric ester groups is 1. The Morgan fingerprint density at radius 2 is 1.88 bits per heavy atom. The number of phosphoric acid groups is 1. The van der Waals surface area contributed by atoms with Crippen molar-refractivity contribution in [3.63, 3.8) is 0 Å². The van der Waals surface area contributed by atoms with Crippen LogP contribution in [0.4, 0.5) is 0 Å². The van der Waals surface area contributed by atoms with E-state index < -0.39 is 19.8 Å². The maximum absolute atomic E-state index is 10.5. The minimum absolute atomic E-state index is 0.00554. The van der Waals surface area contributed by atoms with Crippen LogP contribution in [0.2, 0.25) is 0 Å². The molecular formula is C9H12NO6P. The van der Waals surface area contributed by atoms with Crippen molar-refractivity contribution in [3.05, 3.63) is 29.8 Å². The lowest BCUT2D eigenvalue weighted by Crippen LogP contribution is -2.32. The zero-order chi connectivity index (χ0) is 13.1. The number of carboxylic acid groups (broad SMARTS) is 1. The first kappa shape index (κ1) is 13.7. The topological polar surface area (TPSA) is 130 Å². The van der Waals surface area contributed by atoms with E-state index in [1.54, 1.807) is 0 Å². The molecule has 1 unspecified atom stereocenters. The van der Waals surface area contributed by atoms with E-state index in [4.69, 9.17) is 20.6 Å². The van der Waals surface area contributed by atoms with Gasteiger partial charge >= 0.3 is 13.8 Å². The van der Waals surface area contributed by atoms with E-state index >= 15 is 0 Å². The lowest BCUT2D eigenvalue weighted by molar-refractivity contribution is -0.138. The number of aliphatic carboxylic acids is 1. The maximum atomic E-state index is 10.5. The summed E-state index contributed by atoms with van der Waals surface area (Å²) in [5.74, 6) is -1.11. The van der Waals surface area contributed by atoms with Crippen molar-refractivity contribution in [1.29, 1.82) is 0 Å². The molecule has 0 bridgehead atoms. The highest BCUT2D eigenvalue weighted by Crippen LogP contribution is 2.37. The van der Waals surface area contributed by atoms with E-state index in [2.05, 4.69) is 4.52 Å². The molecule has 94 valence electrons. The summed E-state index contributed by atoms with van der Waals surface area (Å²) in [6.07, 6.45) is 0.130. The summed E-state index contributed by atoms with van der Waals surface area (Å²) in [5.41, 5.74) is 5.97. The van der Waals surface area contributed by atoms with Gasteiger partial charge in [-0.25, -0.2) is 4.57 Å². The average molecular weight is 261 g/mol. The Labute approximate surface area is 97.1 Å². The molecule has 0 aliphatic carbocycles. The third-order valence-corrected chi connectivity index (χ3v) is 2.37. The second-order valence-corrected chi connectivity index (χ2v) is 4.54. The standard InChI is InChI=1S/C9H12NO6P/c10-8(9(11)12)5-6-1-3-7(4-2-6)16-17(13,14)15/h1-4,8H,5,10H2,(H,11,12)(H2,13,14,15). The molecule has 0 aliphatic heterocycles. The van der Waals surface area contributed by atoms with E-state index in [9.17, 15) is 9.36 Å². The number of hydrogen-bond donors (Lipinski definition) is 4. The minimum Gasteiger partial charge on any atom is -0.480 e. The normalized spacial score (nSPS) is 13.1. The molecular weight excluding hydrogens is 249 g/mol. The number of benzene rings is 1. The van der Waals surface area contributed by atoms with E-state index in [0.717, 1.165) is 0 Å². The monoisotopic (exact) mass is 261 g/mol. The minimum atomic E-state index is -4.56. The first-order valence-electron chi connectivity index (χ1n) is 4.60. The summed E-state index contributed by atoms with van der Waals surface area (Å²) >= 11 is 0. The molecule has 0 heterocycles. The van der Waals surface area contributed by atoms with Crippen LogP contribution in [-0.2, 0) is 15.8 Å². The van der Waals surface area contributed by atoms with Crippen molar-refractivity contribution in [2.45, 2.75) is 12.5 Å². The Bertz CT molecular complexity index is 439. The second kappa shape index (κ2) is 5.29. The molecule has 0 radical (unpaired) electrons. The molecule has 0 fully saturated rings. The maximum Gasteiger partial charge on any atom is 0.524 e. The van der Waals surface area contributed by atoms with Gasteiger partial charge < -0.3 is 15.4 Å². The van der Waals surface area contributed by atoms with Crippen LogP contribution in [-0.4, -0.2) is 26.9 Å². The zero-order valence-corrected chi connectivity index (χ0v) is 9.58. The van der Waals surface area contributed by atoms with Crippen LogP contribution >= 0.6 is 7.82 Å². The molecule has 0 aliphatic rings. The molecule has 1 aromatic rings. The molecule has 1 atom stereocenters. The van der Waals surface area contributed by atoms with Gasteiger partial charge in [0.1, 0.15) is 11.8 Å². The third-order valence-electron chi connectivity index (χ3n) is 1.92. The quantitative estimate of drug-likeness (QED) is 0.553. The van der Waals surface area contributed by atoms with Crippen LogP contribution in [0.25, 0.3) is 0 Å². The zero-order valence-electron chi connectivity index (χ0n) is 8.68. The largest absolute Gasteiger partial charge is 0.524 e. The number of rotatable bonds is 5. The summed E-state index contributed by atoms with van der Waals surface area (Å²) in [6.45, 7) is 0. The number of nitrogens with two attached hydrogens (primary N) is 1. The molecule has 0 aromatic heterocycles. The van der Waals surface area contributed by atoms with Crippen LogP contribution in [0, 0.1) is 0 Å². The summed E-state index contributed by atoms with van der Waals surface area (Å²) in [7, 11) is -4.56. The first-order chi connectivity index (χ1) is 7.78. The van der Waals surface area contributed by atoms with Crippen LogP contribution in [0.15, 0.2) is 24.3 Å².